The SMILES string of the molecule is N#CC1=C(O)N(CCc2ccccc2)C(=O)C([n+]2ccccc2)C1c1ccccc1. The molecule has 2 unspecified atom stereocenters. The second-order valence-electron chi connectivity index (χ2n) is 7.23. The minimum Gasteiger partial charge on any atom is -0.494 e. The number of allylic oxidation sites excluding steroid dienone is 1. The lowest BCUT2D eigenvalue weighted by Gasteiger charge is -2.34. The van der Waals surface area contributed by atoms with Gasteiger partial charge >= 0.3 is 0 Å². The zero-order valence-electron chi connectivity index (χ0n) is 16.4. The van der Waals surface area contributed by atoms with Crippen LogP contribution in [-0.4, -0.2) is 22.5 Å². The van der Waals surface area contributed by atoms with E-state index >= 15 is 0 Å². The van der Waals surface area contributed by atoms with E-state index in [9.17, 15) is 15.2 Å². The van der Waals surface area contributed by atoms with Crippen molar-refractivity contribution in [3.8, 4) is 6.07 Å². The van der Waals surface area contributed by atoms with Gasteiger partial charge in [-0.25, -0.2) is 0 Å². The van der Waals surface area contributed by atoms with E-state index in [1.807, 2.05) is 95.8 Å². The van der Waals surface area contributed by atoms with Crippen molar-refractivity contribution >= 4 is 5.91 Å². The molecule has 2 aromatic carbocycles. The Balaban J connectivity index is 1.78. The van der Waals surface area contributed by atoms with E-state index < -0.39 is 12.0 Å². The number of carbonyl (C=O) groups is 1. The fourth-order valence-electron chi connectivity index (χ4n) is 3.98. The second-order valence-corrected chi connectivity index (χ2v) is 7.23. The molecule has 3 aromatic rings. The number of amides is 1. The van der Waals surface area contributed by atoms with Crippen LogP contribution in [0.25, 0.3) is 0 Å². The molecule has 0 saturated heterocycles. The lowest BCUT2D eigenvalue weighted by molar-refractivity contribution is -0.712. The Hall–Kier alpha value is -3.91. The summed E-state index contributed by atoms with van der Waals surface area (Å²) in [5, 5.41) is 20.9. The van der Waals surface area contributed by atoms with Gasteiger partial charge in [0.1, 0.15) is 11.6 Å². The highest BCUT2D eigenvalue weighted by Crippen LogP contribution is 2.39. The number of nitrogens with zero attached hydrogens (tertiary/aromatic N) is 3. The number of benzene rings is 2. The Bertz CT molecular complexity index is 1090. The molecule has 5 nitrogen and oxygen atoms in total. The number of rotatable bonds is 5. The average Bonchev–Trinajstić information content (AvgIpc) is 2.80. The predicted molar refractivity (Wildman–Crippen MR) is 112 cm³/mol. The van der Waals surface area contributed by atoms with Crippen LogP contribution in [0.4, 0.5) is 0 Å². The molecule has 2 atom stereocenters. The highest BCUT2D eigenvalue weighted by molar-refractivity contribution is 5.84. The van der Waals surface area contributed by atoms with Crippen molar-refractivity contribution in [1.29, 1.82) is 5.26 Å². The molecule has 4 rings (SSSR count). The first-order valence-electron chi connectivity index (χ1n) is 9.90. The third kappa shape index (κ3) is 3.68. The van der Waals surface area contributed by atoms with Crippen molar-refractivity contribution in [3.05, 3.63) is 114 Å². The molecule has 1 N–H and O–H groups in total. The number of aromatic nitrogens is 1. The molecule has 0 fully saturated rings. The normalized spacial score (nSPS) is 18.9. The zero-order chi connectivity index (χ0) is 20.9. The van der Waals surface area contributed by atoms with Gasteiger partial charge in [0.25, 0.3) is 5.91 Å². The molecule has 0 spiro atoms. The van der Waals surface area contributed by atoms with E-state index in [-0.39, 0.29) is 17.4 Å². The summed E-state index contributed by atoms with van der Waals surface area (Å²) < 4.78 is 1.82. The van der Waals surface area contributed by atoms with Gasteiger partial charge < -0.3 is 5.11 Å². The standard InChI is InChI=1S/C25H21N3O2/c26-18-21-22(20-12-6-2-7-13-20)23(27-15-8-3-9-16-27)25(30)28(24(21)29)17-14-19-10-4-1-5-11-19/h1-13,15-16,22-23H,14,17H2/p+1. The van der Waals surface area contributed by atoms with E-state index in [0.29, 0.717) is 13.0 Å². The fraction of sp³-hybridized carbons (Fsp3) is 0.160. The molecule has 2 heterocycles. The van der Waals surface area contributed by atoms with Gasteiger partial charge in [-0.2, -0.15) is 9.83 Å². The summed E-state index contributed by atoms with van der Waals surface area (Å²) in [6.45, 7) is 0.297. The third-order valence-electron chi connectivity index (χ3n) is 5.45. The minimum atomic E-state index is -0.657. The smallest absolute Gasteiger partial charge is 0.299 e. The van der Waals surface area contributed by atoms with Gasteiger partial charge in [0, 0.05) is 18.7 Å². The molecule has 0 saturated carbocycles. The van der Waals surface area contributed by atoms with Gasteiger partial charge in [-0.1, -0.05) is 66.7 Å². The summed E-state index contributed by atoms with van der Waals surface area (Å²) >= 11 is 0. The molecule has 30 heavy (non-hydrogen) atoms. The van der Waals surface area contributed by atoms with Gasteiger partial charge in [0.05, 0.1) is 5.92 Å². The minimum absolute atomic E-state index is 0.204. The molecule has 0 bridgehead atoms. The van der Waals surface area contributed by atoms with Crippen molar-refractivity contribution in [2.24, 2.45) is 0 Å². The quantitative estimate of drug-likeness (QED) is 0.669. The van der Waals surface area contributed by atoms with Crippen LogP contribution in [-0.2, 0) is 11.2 Å². The summed E-state index contributed by atoms with van der Waals surface area (Å²) in [7, 11) is 0. The molecule has 1 amide bonds. The van der Waals surface area contributed by atoms with Crippen LogP contribution in [0.3, 0.4) is 0 Å². The number of aliphatic hydroxyl groups is 1. The molecular weight excluding hydrogens is 374 g/mol. The summed E-state index contributed by atoms with van der Waals surface area (Å²) in [5.41, 5.74) is 2.08. The first-order chi connectivity index (χ1) is 14.7. The number of hydrogen-bond donors (Lipinski definition) is 1. The number of nitriles is 1. The van der Waals surface area contributed by atoms with Crippen molar-refractivity contribution in [3.63, 3.8) is 0 Å². The van der Waals surface area contributed by atoms with Gasteiger partial charge in [-0.05, 0) is 17.5 Å². The summed E-state index contributed by atoms with van der Waals surface area (Å²) in [6.07, 6.45) is 4.23. The Kier molecular flexibility index (Phi) is 5.58. The van der Waals surface area contributed by atoms with Crippen LogP contribution in [0, 0.1) is 11.3 Å². The largest absolute Gasteiger partial charge is 0.494 e. The van der Waals surface area contributed by atoms with Crippen LogP contribution in [0.2, 0.25) is 0 Å². The van der Waals surface area contributed by atoms with Crippen molar-refractivity contribution in [1.82, 2.24) is 4.90 Å². The van der Waals surface area contributed by atoms with E-state index in [4.69, 9.17) is 0 Å². The van der Waals surface area contributed by atoms with Crippen molar-refractivity contribution in [2.45, 2.75) is 18.4 Å². The first kappa shape index (κ1) is 19.4. The number of hydrogen-bond acceptors (Lipinski definition) is 3. The van der Waals surface area contributed by atoms with Crippen molar-refractivity contribution < 1.29 is 14.5 Å². The predicted octanol–water partition coefficient (Wildman–Crippen LogP) is 3.68. The highest BCUT2D eigenvalue weighted by atomic mass is 16.3. The maximum Gasteiger partial charge on any atom is 0.299 e. The van der Waals surface area contributed by atoms with E-state index in [2.05, 4.69) is 6.07 Å². The maximum absolute atomic E-state index is 13.6. The van der Waals surface area contributed by atoms with E-state index in [1.54, 1.807) is 0 Å². The Labute approximate surface area is 175 Å². The number of pyridine rings is 1. The van der Waals surface area contributed by atoms with Gasteiger partial charge in [0.2, 0.25) is 11.9 Å². The third-order valence-corrected chi connectivity index (χ3v) is 5.45. The van der Waals surface area contributed by atoms with E-state index in [1.165, 1.54) is 4.90 Å². The first-order valence-corrected chi connectivity index (χ1v) is 9.90. The van der Waals surface area contributed by atoms with Crippen LogP contribution in [0.1, 0.15) is 23.1 Å². The molecule has 5 heteroatoms. The van der Waals surface area contributed by atoms with Crippen LogP contribution in [0.15, 0.2) is 103 Å². The monoisotopic (exact) mass is 396 g/mol. The fourth-order valence-corrected chi connectivity index (χ4v) is 3.98. The molecule has 0 radical (unpaired) electrons. The topological polar surface area (TPSA) is 68.2 Å². The van der Waals surface area contributed by atoms with Crippen molar-refractivity contribution in [2.75, 3.05) is 6.54 Å². The zero-order valence-corrected chi connectivity index (χ0v) is 16.4. The highest BCUT2D eigenvalue weighted by Gasteiger charge is 2.48. The van der Waals surface area contributed by atoms with Gasteiger partial charge in [-0.15, -0.1) is 0 Å². The molecule has 1 aromatic heterocycles. The Morgan fingerprint density at radius 1 is 0.933 bits per heavy atom. The summed E-state index contributed by atoms with van der Waals surface area (Å²) in [4.78, 5) is 14.9. The van der Waals surface area contributed by atoms with Crippen LogP contribution >= 0.6 is 0 Å². The molecule has 1 aliphatic heterocycles. The Morgan fingerprint density at radius 2 is 1.53 bits per heavy atom. The number of aliphatic hydroxyl groups excluding tert-OH is 1. The summed E-state index contributed by atoms with van der Waals surface area (Å²) in [6, 6.07) is 26.3. The second kappa shape index (κ2) is 8.62. The molecule has 148 valence electrons. The van der Waals surface area contributed by atoms with Gasteiger partial charge in [0.15, 0.2) is 12.4 Å². The Morgan fingerprint density at radius 3 is 2.17 bits per heavy atom. The van der Waals surface area contributed by atoms with Crippen LogP contribution < -0.4 is 4.57 Å². The van der Waals surface area contributed by atoms with E-state index in [0.717, 1.165) is 11.1 Å². The average molecular weight is 396 g/mol. The number of carbonyl (C=O) groups excluding carboxylic acids is 1. The van der Waals surface area contributed by atoms with Gasteiger partial charge in [-0.3, -0.25) is 9.69 Å². The summed E-state index contributed by atoms with van der Waals surface area (Å²) in [5.74, 6) is -1.04. The van der Waals surface area contributed by atoms with Crippen LogP contribution in [0.5, 0.6) is 0 Å². The molecular formula is C25H22N3O2+. The maximum atomic E-state index is 13.6. The molecule has 1 aliphatic rings. The molecule has 0 aliphatic carbocycles. The lowest BCUT2D eigenvalue weighted by atomic mass is 9.81. The lowest BCUT2D eigenvalue weighted by Crippen LogP contribution is -2.55.